The molecule has 2 aromatic rings. The second kappa shape index (κ2) is 7.96. The van der Waals surface area contributed by atoms with Crippen molar-refractivity contribution < 1.29 is 22.3 Å². The van der Waals surface area contributed by atoms with Gasteiger partial charge in [0.05, 0.1) is 24.4 Å². The van der Waals surface area contributed by atoms with Gasteiger partial charge in [-0.15, -0.1) is 0 Å². The minimum Gasteiger partial charge on any atom is -0.497 e. The lowest BCUT2D eigenvalue weighted by Gasteiger charge is -2.28. The fourth-order valence-corrected chi connectivity index (χ4v) is 4.16. The second-order valence-electron chi connectivity index (χ2n) is 6.07. The largest absolute Gasteiger partial charge is 0.497 e. The van der Waals surface area contributed by atoms with Crippen LogP contribution >= 0.6 is 0 Å². The highest BCUT2D eigenvalue weighted by Gasteiger charge is 2.27. The van der Waals surface area contributed by atoms with Gasteiger partial charge in [0.15, 0.2) is 5.82 Å². The second-order valence-corrected chi connectivity index (χ2v) is 7.79. The first-order valence-corrected chi connectivity index (χ1v) is 9.75. The molecule has 140 valence electrons. The highest BCUT2D eigenvalue weighted by Crippen LogP contribution is 2.24. The molecular weight excluding hydrogens is 361 g/mol. The summed E-state index contributed by atoms with van der Waals surface area (Å²) in [4.78, 5) is 7.75. The summed E-state index contributed by atoms with van der Waals surface area (Å²) in [6.07, 6.45) is 4.60. The zero-order chi connectivity index (χ0) is 18.6. The summed E-state index contributed by atoms with van der Waals surface area (Å²) in [6.45, 7) is 0. The SMILES string of the molecule is COc1ccc(S(=O)(=O)NC2CCC(Oc3ncc(F)cn3)CC2)cc1. The topological polar surface area (TPSA) is 90.4 Å². The predicted octanol–water partition coefficient (Wildman–Crippen LogP) is 2.29. The number of methoxy groups -OCH3 is 1. The van der Waals surface area contributed by atoms with E-state index in [1.807, 2.05) is 0 Å². The van der Waals surface area contributed by atoms with E-state index in [2.05, 4.69) is 14.7 Å². The van der Waals surface area contributed by atoms with Gasteiger partial charge in [0.25, 0.3) is 0 Å². The van der Waals surface area contributed by atoms with Gasteiger partial charge in [0.2, 0.25) is 10.0 Å². The third-order valence-corrected chi connectivity index (χ3v) is 5.77. The molecule has 1 aliphatic rings. The molecule has 0 bridgehead atoms. The smallest absolute Gasteiger partial charge is 0.316 e. The molecule has 1 N–H and O–H groups in total. The lowest BCUT2D eigenvalue weighted by molar-refractivity contribution is 0.132. The molecule has 0 radical (unpaired) electrons. The standard InChI is InChI=1S/C17H20FN3O4S/c1-24-14-6-8-16(9-7-14)26(22,23)21-13-2-4-15(5-3-13)25-17-19-10-12(18)11-20-17/h6-11,13,15,21H,2-5H2,1H3. The molecular formula is C17H20FN3O4S. The Morgan fingerprint density at radius 2 is 1.69 bits per heavy atom. The maximum Gasteiger partial charge on any atom is 0.316 e. The Kier molecular flexibility index (Phi) is 5.67. The van der Waals surface area contributed by atoms with Gasteiger partial charge in [-0.05, 0) is 49.9 Å². The molecule has 1 heterocycles. The van der Waals surface area contributed by atoms with Gasteiger partial charge in [-0.1, -0.05) is 0 Å². The molecule has 0 aliphatic heterocycles. The number of aromatic nitrogens is 2. The molecule has 1 saturated carbocycles. The van der Waals surface area contributed by atoms with Crippen molar-refractivity contribution in [1.82, 2.24) is 14.7 Å². The van der Waals surface area contributed by atoms with Gasteiger partial charge in [-0.2, -0.15) is 0 Å². The number of ether oxygens (including phenoxy) is 2. The van der Waals surface area contributed by atoms with Crippen molar-refractivity contribution in [3.05, 3.63) is 42.5 Å². The van der Waals surface area contributed by atoms with Crippen molar-refractivity contribution in [2.24, 2.45) is 0 Å². The van der Waals surface area contributed by atoms with Crippen molar-refractivity contribution in [1.29, 1.82) is 0 Å². The van der Waals surface area contributed by atoms with Gasteiger partial charge >= 0.3 is 6.01 Å². The molecule has 1 aromatic heterocycles. The highest BCUT2D eigenvalue weighted by atomic mass is 32.2. The van der Waals surface area contributed by atoms with E-state index >= 15 is 0 Å². The van der Waals surface area contributed by atoms with Gasteiger partial charge in [0, 0.05) is 6.04 Å². The number of hydrogen-bond donors (Lipinski definition) is 1. The average molecular weight is 381 g/mol. The van der Waals surface area contributed by atoms with E-state index in [-0.39, 0.29) is 23.1 Å². The fraction of sp³-hybridized carbons (Fsp3) is 0.412. The van der Waals surface area contributed by atoms with Crippen LogP contribution in [-0.4, -0.2) is 37.6 Å². The molecule has 7 nitrogen and oxygen atoms in total. The van der Waals surface area contributed by atoms with Crippen LogP contribution in [0.3, 0.4) is 0 Å². The van der Waals surface area contributed by atoms with Crippen LogP contribution in [0.2, 0.25) is 0 Å². The van der Waals surface area contributed by atoms with E-state index in [0.29, 0.717) is 31.4 Å². The number of hydrogen-bond acceptors (Lipinski definition) is 6. The predicted molar refractivity (Wildman–Crippen MR) is 92.0 cm³/mol. The maximum atomic E-state index is 12.8. The van der Waals surface area contributed by atoms with E-state index in [1.165, 1.54) is 19.2 Å². The first kappa shape index (κ1) is 18.5. The van der Waals surface area contributed by atoms with Gasteiger partial charge in [-0.3, -0.25) is 0 Å². The zero-order valence-corrected chi connectivity index (χ0v) is 15.1. The van der Waals surface area contributed by atoms with Crippen molar-refractivity contribution in [3.63, 3.8) is 0 Å². The van der Waals surface area contributed by atoms with Gasteiger partial charge in [0.1, 0.15) is 11.9 Å². The molecule has 0 unspecified atom stereocenters. The molecule has 3 rings (SSSR count). The van der Waals surface area contributed by atoms with E-state index < -0.39 is 15.8 Å². The van der Waals surface area contributed by atoms with Crippen LogP contribution in [-0.2, 0) is 10.0 Å². The van der Waals surface area contributed by atoms with Crippen molar-refractivity contribution in [2.45, 2.75) is 42.7 Å². The summed E-state index contributed by atoms with van der Waals surface area (Å²) < 4.78 is 51.1. The van der Waals surface area contributed by atoms with E-state index in [1.54, 1.807) is 12.1 Å². The quantitative estimate of drug-likeness (QED) is 0.826. The molecule has 26 heavy (non-hydrogen) atoms. The first-order chi connectivity index (χ1) is 12.5. The molecule has 1 fully saturated rings. The molecule has 1 aliphatic carbocycles. The Morgan fingerprint density at radius 3 is 2.27 bits per heavy atom. The van der Waals surface area contributed by atoms with E-state index in [0.717, 1.165) is 12.4 Å². The summed E-state index contributed by atoms with van der Waals surface area (Å²) in [7, 11) is -2.05. The van der Waals surface area contributed by atoms with Crippen LogP contribution < -0.4 is 14.2 Å². The number of nitrogens with zero attached hydrogens (tertiary/aromatic N) is 2. The fourth-order valence-electron chi connectivity index (χ4n) is 2.85. The lowest BCUT2D eigenvalue weighted by Crippen LogP contribution is -2.39. The first-order valence-electron chi connectivity index (χ1n) is 8.27. The Morgan fingerprint density at radius 1 is 1.08 bits per heavy atom. The van der Waals surface area contributed by atoms with Gasteiger partial charge in [-0.25, -0.2) is 27.5 Å². The Balaban J connectivity index is 1.53. The highest BCUT2D eigenvalue weighted by molar-refractivity contribution is 7.89. The number of sulfonamides is 1. The van der Waals surface area contributed by atoms with Crippen LogP contribution in [0.4, 0.5) is 4.39 Å². The zero-order valence-electron chi connectivity index (χ0n) is 14.3. The summed E-state index contributed by atoms with van der Waals surface area (Å²) in [6, 6.07) is 6.23. The number of nitrogens with one attached hydrogen (secondary N) is 1. The van der Waals surface area contributed by atoms with Crippen molar-refractivity contribution in [3.8, 4) is 11.8 Å². The van der Waals surface area contributed by atoms with Crippen molar-refractivity contribution in [2.75, 3.05) is 7.11 Å². The molecule has 1 aromatic carbocycles. The Bertz CT molecular complexity index is 820. The number of benzene rings is 1. The summed E-state index contributed by atoms with van der Waals surface area (Å²) in [5.41, 5.74) is 0. The molecule has 0 saturated heterocycles. The Hall–Kier alpha value is -2.26. The summed E-state index contributed by atoms with van der Waals surface area (Å²) >= 11 is 0. The molecule has 0 spiro atoms. The monoisotopic (exact) mass is 381 g/mol. The minimum absolute atomic E-state index is 0.109. The van der Waals surface area contributed by atoms with Gasteiger partial charge < -0.3 is 9.47 Å². The summed E-state index contributed by atoms with van der Waals surface area (Å²) in [5, 5.41) is 0. The number of halogens is 1. The van der Waals surface area contributed by atoms with Crippen LogP contribution in [0.25, 0.3) is 0 Å². The van der Waals surface area contributed by atoms with Crippen LogP contribution in [0.15, 0.2) is 41.6 Å². The third kappa shape index (κ3) is 4.67. The average Bonchev–Trinajstić information content (AvgIpc) is 2.65. The van der Waals surface area contributed by atoms with Crippen molar-refractivity contribution >= 4 is 10.0 Å². The van der Waals surface area contributed by atoms with Crippen LogP contribution in [0.5, 0.6) is 11.8 Å². The molecule has 0 amide bonds. The Labute approximate surface area is 151 Å². The van der Waals surface area contributed by atoms with Crippen LogP contribution in [0, 0.1) is 5.82 Å². The summed E-state index contributed by atoms with van der Waals surface area (Å²) in [5.74, 6) is 0.0821. The maximum absolute atomic E-state index is 12.8. The van der Waals surface area contributed by atoms with E-state index in [9.17, 15) is 12.8 Å². The van der Waals surface area contributed by atoms with E-state index in [4.69, 9.17) is 9.47 Å². The minimum atomic E-state index is -3.58. The van der Waals surface area contributed by atoms with Crippen LogP contribution in [0.1, 0.15) is 25.7 Å². The normalized spacial score (nSPS) is 20.5. The lowest BCUT2D eigenvalue weighted by atomic mass is 9.94. The number of rotatable bonds is 6. The molecule has 9 heteroatoms. The molecule has 0 atom stereocenters. The third-order valence-electron chi connectivity index (χ3n) is 4.23.